The van der Waals surface area contributed by atoms with Crippen molar-refractivity contribution in [2.24, 2.45) is 5.92 Å². The summed E-state index contributed by atoms with van der Waals surface area (Å²) >= 11 is 0. The lowest BCUT2D eigenvalue weighted by Gasteiger charge is -2.40. The van der Waals surface area contributed by atoms with Crippen LogP contribution in [0.3, 0.4) is 0 Å². The third-order valence-electron chi connectivity index (χ3n) is 4.13. The molecule has 0 aliphatic carbocycles. The van der Waals surface area contributed by atoms with Gasteiger partial charge < -0.3 is 10.1 Å². The van der Waals surface area contributed by atoms with Gasteiger partial charge in [-0.2, -0.15) is 0 Å². The minimum atomic E-state index is 0.696. The molecule has 0 amide bonds. The maximum absolute atomic E-state index is 5.11. The van der Waals surface area contributed by atoms with Crippen molar-refractivity contribution in [1.29, 1.82) is 0 Å². The Morgan fingerprint density at radius 1 is 1.26 bits per heavy atom. The van der Waals surface area contributed by atoms with Crippen LogP contribution in [-0.4, -0.2) is 50.3 Å². The summed E-state index contributed by atoms with van der Waals surface area (Å²) in [6.07, 6.45) is 6.38. The highest BCUT2D eigenvalue weighted by Crippen LogP contribution is 2.16. The molecule has 1 rings (SSSR count). The number of piperazine rings is 1. The monoisotopic (exact) mass is 270 g/mol. The average Bonchev–Trinajstić information content (AvgIpc) is 2.38. The molecule has 114 valence electrons. The van der Waals surface area contributed by atoms with E-state index in [4.69, 9.17) is 4.74 Å². The molecule has 2 unspecified atom stereocenters. The van der Waals surface area contributed by atoms with Gasteiger partial charge in [-0.25, -0.2) is 0 Å². The molecule has 3 nitrogen and oxygen atoms in total. The highest BCUT2D eigenvalue weighted by Gasteiger charge is 2.26. The summed E-state index contributed by atoms with van der Waals surface area (Å²) in [5, 5.41) is 3.73. The highest BCUT2D eigenvalue weighted by molar-refractivity contribution is 4.85. The number of hydrogen-bond acceptors (Lipinski definition) is 3. The van der Waals surface area contributed by atoms with Crippen LogP contribution in [-0.2, 0) is 4.74 Å². The largest absolute Gasteiger partial charge is 0.385 e. The van der Waals surface area contributed by atoms with E-state index in [1.54, 1.807) is 7.11 Å². The summed E-state index contributed by atoms with van der Waals surface area (Å²) in [7, 11) is 1.79. The predicted molar refractivity (Wildman–Crippen MR) is 82.6 cm³/mol. The van der Waals surface area contributed by atoms with Crippen LogP contribution in [0, 0.1) is 5.92 Å². The molecule has 3 heteroatoms. The maximum atomic E-state index is 5.11. The van der Waals surface area contributed by atoms with Crippen LogP contribution < -0.4 is 5.32 Å². The minimum Gasteiger partial charge on any atom is -0.385 e. The number of methoxy groups -OCH3 is 1. The van der Waals surface area contributed by atoms with E-state index in [2.05, 4.69) is 31.0 Å². The highest BCUT2D eigenvalue weighted by atomic mass is 16.5. The molecular formula is C16H34N2O. The molecule has 19 heavy (non-hydrogen) atoms. The molecule has 1 N–H and O–H groups in total. The summed E-state index contributed by atoms with van der Waals surface area (Å²) in [5.74, 6) is 0.791. The Kier molecular flexibility index (Phi) is 8.67. The van der Waals surface area contributed by atoms with Crippen LogP contribution in [0.2, 0.25) is 0 Å². The van der Waals surface area contributed by atoms with Gasteiger partial charge in [0.1, 0.15) is 0 Å². The van der Waals surface area contributed by atoms with Crippen LogP contribution in [0.25, 0.3) is 0 Å². The maximum Gasteiger partial charge on any atom is 0.0462 e. The molecule has 0 radical (unpaired) electrons. The zero-order valence-electron chi connectivity index (χ0n) is 13.5. The first-order valence-electron chi connectivity index (χ1n) is 8.13. The van der Waals surface area contributed by atoms with E-state index >= 15 is 0 Å². The number of rotatable bonds is 9. The van der Waals surface area contributed by atoms with Gasteiger partial charge in [-0.15, -0.1) is 0 Å². The predicted octanol–water partition coefficient (Wildman–Crippen LogP) is 2.90. The molecule has 1 saturated heterocycles. The van der Waals surface area contributed by atoms with Crippen molar-refractivity contribution in [3.8, 4) is 0 Å². The second-order valence-corrected chi connectivity index (χ2v) is 6.35. The summed E-state index contributed by atoms with van der Waals surface area (Å²) in [6.45, 7) is 11.5. The van der Waals surface area contributed by atoms with Crippen LogP contribution in [0.1, 0.15) is 52.9 Å². The van der Waals surface area contributed by atoms with E-state index in [-0.39, 0.29) is 0 Å². The van der Waals surface area contributed by atoms with Crippen molar-refractivity contribution in [1.82, 2.24) is 10.2 Å². The van der Waals surface area contributed by atoms with E-state index in [0.717, 1.165) is 18.6 Å². The fourth-order valence-corrected chi connectivity index (χ4v) is 3.07. The van der Waals surface area contributed by atoms with Crippen molar-refractivity contribution >= 4 is 0 Å². The zero-order valence-corrected chi connectivity index (χ0v) is 13.5. The third kappa shape index (κ3) is 6.73. The first kappa shape index (κ1) is 16.9. The first-order valence-corrected chi connectivity index (χ1v) is 8.13. The van der Waals surface area contributed by atoms with Gasteiger partial charge in [-0.05, 0) is 44.6 Å². The fourth-order valence-electron chi connectivity index (χ4n) is 3.07. The van der Waals surface area contributed by atoms with Gasteiger partial charge >= 0.3 is 0 Å². The fraction of sp³-hybridized carbons (Fsp3) is 1.00. The van der Waals surface area contributed by atoms with Gasteiger partial charge in [-0.3, -0.25) is 4.90 Å². The molecule has 0 aromatic rings. The standard InChI is InChI=1S/C16H34N2O/c1-5-16-12-17-15(11-14(2)3)13-18(16)9-7-6-8-10-19-4/h14-17H,5-13H2,1-4H3. The number of nitrogens with zero attached hydrogens (tertiary/aromatic N) is 1. The molecule has 0 saturated carbocycles. The smallest absolute Gasteiger partial charge is 0.0462 e. The van der Waals surface area contributed by atoms with E-state index < -0.39 is 0 Å². The van der Waals surface area contributed by atoms with Crippen molar-refractivity contribution in [2.75, 3.05) is 33.4 Å². The second-order valence-electron chi connectivity index (χ2n) is 6.35. The molecule has 1 aliphatic rings. The van der Waals surface area contributed by atoms with Crippen molar-refractivity contribution < 1.29 is 4.74 Å². The quantitative estimate of drug-likeness (QED) is 0.652. The van der Waals surface area contributed by atoms with E-state index in [9.17, 15) is 0 Å². The lowest BCUT2D eigenvalue weighted by molar-refractivity contribution is 0.115. The van der Waals surface area contributed by atoms with Gasteiger partial charge in [0.25, 0.3) is 0 Å². The number of hydrogen-bond donors (Lipinski definition) is 1. The van der Waals surface area contributed by atoms with Crippen LogP contribution in [0.15, 0.2) is 0 Å². The van der Waals surface area contributed by atoms with Crippen LogP contribution >= 0.6 is 0 Å². The molecule has 0 aromatic carbocycles. The molecule has 0 bridgehead atoms. The lowest BCUT2D eigenvalue weighted by atomic mass is 9.98. The average molecular weight is 270 g/mol. The Balaban J connectivity index is 2.29. The van der Waals surface area contributed by atoms with Gasteiger partial charge in [-0.1, -0.05) is 20.8 Å². The molecule has 1 heterocycles. The Hall–Kier alpha value is -0.120. The Morgan fingerprint density at radius 3 is 2.68 bits per heavy atom. The van der Waals surface area contributed by atoms with Gasteiger partial charge in [0.15, 0.2) is 0 Å². The van der Waals surface area contributed by atoms with E-state index in [1.165, 1.54) is 51.7 Å². The Labute approximate surface area is 120 Å². The third-order valence-corrected chi connectivity index (χ3v) is 4.13. The topological polar surface area (TPSA) is 24.5 Å². The van der Waals surface area contributed by atoms with Crippen LogP contribution in [0.4, 0.5) is 0 Å². The molecule has 0 aromatic heterocycles. The molecule has 1 fully saturated rings. The first-order chi connectivity index (χ1) is 9.17. The van der Waals surface area contributed by atoms with E-state index in [1.807, 2.05) is 0 Å². The second kappa shape index (κ2) is 9.73. The van der Waals surface area contributed by atoms with Gasteiger partial charge in [0, 0.05) is 38.9 Å². The Bertz CT molecular complexity index is 221. The minimum absolute atomic E-state index is 0.696. The zero-order chi connectivity index (χ0) is 14.1. The number of unbranched alkanes of at least 4 members (excludes halogenated alkanes) is 2. The summed E-state index contributed by atoms with van der Waals surface area (Å²) in [4.78, 5) is 2.72. The summed E-state index contributed by atoms with van der Waals surface area (Å²) in [5.41, 5.74) is 0. The molecule has 2 atom stereocenters. The van der Waals surface area contributed by atoms with Gasteiger partial charge in [0.2, 0.25) is 0 Å². The summed E-state index contributed by atoms with van der Waals surface area (Å²) < 4.78 is 5.11. The number of nitrogens with one attached hydrogen (secondary N) is 1. The van der Waals surface area contributed by atoms with Crippen LogP contribution in [0.5, 0.6) is 0 Å². The normalized spacial score (nSPS) is 25.1. The summed E-state index contributed by atoms with van der Waals surface area (Å²) in [6, 6.07) is 1.44. The molecule has 1 aliphatic heterocycles. The van der Waals surface area contributed by atoms with Crippen molar-refractivity contribution in [3.05, 3.63) is 0 Å². The molecular weight excluding hydrogens is 236 g/mol. The van der Waals surface area contributed by atoms with Gasteiger partial charge in [0.05, 0.1) is 0 Å². The Morgan fingerprint density at radius 2 is 2.05 bits per heavy atom. The lowest BCUT2D eigenvalue weighted by Crippen LogP contribution is -2.56. The number of ether oxygens (including phenoxy) is 1. The SMILES string of the molecule is CCC1CNC(CC(C)C)CN1CCCCCOC. The molecule has 0 spiro atoms. The van der Waals surface area contributed by atoms with Crippen molar-refractivity contribution in [3.63, 3.8) is 0 Å². The van der Waals surface area contributed by atoms with E-state index in [0.29, 0.717) is 6.04 Å². The van der Waals surface area contributed by atoms with Crippen molar-refractivity contribution in [2.45, 2.75) is 65.0 Å².